The van der Waals surface area contributed by atoms with Crippen molar-refractivity contribution in [1.82, 2.24) is 19.3 Å². The van der Waals surface area contributed by atoms with Crippen LogP contribution in [0.25, 0.3) is 0 Å². The Labute approximate surface area is 202 Å². The maximum Gasteiger partial charge on any atom is 0.294 e. The van der Waals surface area contributed by atoms with Crippen molar-refractivity contribution < 1.29 is 34.4 Å². The molecule has 2 heterocycles. The van der Waals surface area contributed by atoms with Crippen LogP contribution in [-0.2, 0) is 30.3 Å². The zero-order valence-electron chi connectivity index (χ0n) is 18.5. The summed E-state index contributed by atoms with van der Waals surface area (Å²) in [6.45, 7) is 0.468. The van der Waals surface area contributed by atoms with Gasteiger partial charge in [-0.2, -0.15) is 31.8 Å². The van der Waals surface area contributed by atoms with E-state index in [1.165, 1.54) is 28.6 Å². The lowest BCUT2D eigenvalue weighted by Crippen LogP contribution is -2.42. The molecule has 0 bridgehead atoms. The molecule has 2 aromatic rings. The Morgan fingerprint density at radius 1 is 0.914 bits per heavy atom. The van der Waals surface area contributed by atoms with Crippen LogP contribution in [0.2, 0.25) is 0 Å². The molecule has 0 aliphatic carbocycles. The second-order valence-electron chi connectivity index (χ2n) is 7.72. The van der Waals surface area contributed by atoms with Gasteiger partial charge >= 0.3 is 0 Å². The second kappa shape index (κ2) is 10.5. The Bertz CT molecular complexity index is 1360. The van der Waals surface area contributed by atoms with Crippen LogP contribution >= 0.6 is 0 Å². The highest BCUT2D eigenvalue weighted by molar-refractivity contribution is 7.88. The molecule has 1 aliphatic rings. The highest BCUT2D eigenvalue weighted by atomic mass is 32.2. The number of benzene rings is 1. The summed E-state index contributed by atoms with van der Waals surface area (Å²) in [5.74, 6) is -0.420. The molecular weight excluding hydrogens is 526 g/mol. The molecule has 0 atom stereocenters. The third-order valence-electron chi connectivity index (χ3n) is 4.94. The number of aromatic nitrogens is 3. The smallest absolute Gasteiger partial charge is 0.294 e. The first-order chi connectivity index (χ1) is 16.2. The van der Waals surface area contributed by atoms with E-state index in [-0.39, 0.29) is 35.3 Å². The number of piperidine rings is 1. The van der Waals surface area contributed by atoms with Gasteiger partial charge in [0.1, 0.15) is 0 Å². The lowest BCUT2D eigenvalue weighted by atomic mass is 10.1. The van der Waals surface area contributed by atoms with Crippen LogP contribution in [-0.4, -0.2) is 91.3 Å². The van der Waals surface area contributed by atoms with Crippen LogP contribution in [0.3, 0.4) is 0 Å². The lowest BCUT2D eigenvalue weighted by Gasteiger charge is -2.30. The fraction of sp³-hybridized carbons (Fsp3) is 0.471. The van der Waals surface area contributed by atoms with Crippen molar-refractivity contribution in [2.24, 2.45) is 0 Å². The number of anilines is 4. The summed E-state index contributed by atoms with van der Waals surface area (Å²) < 4.78 is 87.2. The predicted molar refractivity (Wildman–Crippen MR) is 127 cm³/mol. The first kappa shape index (κ1) is 27.0. The predicted octanol–water partition coefficient (Wildman–Crippen LogP) is -0.00250. The third kappa shape index (κ3) is 8.51. The van der Waals surface area contributed by atoms with Gasteiger partial charge in [0.05, 0.1) is 16.9 Å². The number of nitrogens with zero attached hydrogens (tertiary/aromatic N) is 4. The molecule has 1 aromatic heterocycles. The molecule has 0 amide bonds. The quantitative estimate of drug-likeness (QED) is 0.245. The Hall–Kier alpha value is -2.64. The van der Waals surface area contributed by atoms with E-state index in [4.69, 9.17) is 9.11 Å². The molecule has 1 aromatic carbocycles. The molecule has 0 radical (unpaired) electrons. The van der Waals surface area contributed by atoms with Crippen LogP contribution in [0.15, 0.2) is 29.2 Å². The SMILES string of the molecule is CS(=O)(=O)N1CCC(Nc2nc(NCCS(=O)(=O)O)nc(Nc3ccc(S(=O)(=O)O)cc3)n2)CC1. The van der Waals surface area contributed by atoms with Gasteiger partial charge in [-0.25, -0.2) is 12.7 Å². The van der Waals surface area contributed by atoms with E-state index in [9.17, 15) is 25.3 Å². The first-order valence-electron chi connectivity index (χ1n) is 10.2. The Balaban J connectivity index is 1.77. The van der Waals surface area contributed by atoms with Crippen LogP contribution in [0.5, 0.6) is 0 Å². The van der Waals surface area contributed by atoms with Gasteiger partial charge in [-0.3, -0.25) is 9.11 Å². The molecule has 35 heavy (non-hydrogen) atoms. The molecule has 0 unspecified atom stereocenters. The Morgan fingerprint density at radius 3 is 2.03 bits per heavy atom. The molecule has 5 N–H and O–H groups in total. The summed E-state index contributed by atoms with van der Waals surface area (Å²) in [7, 11) is -11.8. The summed E-state index contributed by atoms with van der Waals surface area (Å²) in [6, 6.07) is 4.99. The van der Waals surface area contributed by atoms with Crippen molar-refractivity contribution in [3.05, 3.63) is 24.3 Å². The monoisotopic (exact) mass is 551 g/mol. The van der Waals surface area contributed by atoms with Crippen molar-refractivity contribution in [1.29, 1.82) is 0 Å². The van der Waals surface area contributed by atoms with Crippen LogP contribution < -0.4 is 16.0 Å². The van der Waals surface area contributed by atoms with E-state index < -0.39 is 36.0 Å². The van der Waals surface area contributed by atoms with Gasteiger partial charge in [-0.05, 0) is 37.1 Å². The Kier molecular flexibility index (Phi) is 8.12. The maximum absolute atomic E-state index is 11.7. The number of rotatable bonds is 10. The van der Waals surface area contributed by atoms with E-state index in [1.807, 2.05) is 0 Å². The van der Waals surface area contributed by atoms with Crippen molar-refractivity contribution in [2.75, 3.05) is 47.6 Å². The fourth-order valence-electron chi connectivity index (χ4n) is 3.22. The summed E-state index contributed by atoms with van der Waals surface area (Å²) in [5.41, 5.74) is 0.389. The zero-order valence-corrected chi connectivity index (χ0v) is 20.9. The van der Waals surface area contributed by atoms with Gasteiger partial charge in [0.15, 0.2) is 0 Å². The molecule has 1 aliphatic heterocycles. The first-order valence-corrected chi connectivity index (χ1v) is 15.1. The molecule has 1 fully saturated rings. The van der Waals surface area contributed by atoms with E-state index in [1.54, 1.807) is 0 Å². The summed E-state index contributed by atoms with van der Waals surface area (Å²) in [5, 5.41) is 8.65. The normalized spacial score (nSPS) is 16.1. The average molecular weight is 552 g/mol. The van der Waals surface area contributed by atoms with Gasteiger partial charge < -0.3 is 16.0 Å². The van der Waals surface area contributed by atoms with E-state index in [2.05, 4.69) is 30.9 Å². The van der Waals surface area contributed by atoms with Crippen molar-refractivity contribution >= 4 is 53.8 Å². The van der Waals surface area contributed by atoms with Crippen molar-refractivity contribution in [2.45, 2.75) is 23.8 Å². The molecule has 1 saturated heterocycles. The summed E-state index contributed by atoms with van der Waals surface area (Å²) in [6.07, 6.45) is 2.16. The number of sulfonamides is 1. The number of hydrogen-bond acceptors (Lipinski definition) is 12. The fourth-order valence-corrected chi connectivity index (χ4v) is 4.94. The minimum Gasteiger partial charge on any atom is -0.353 e. The Morgan fingerprint density at radius 2 is 1.49 bits per heavy atom. The van der Waals surface area contributed by atoms with Gasteiger partial charge in [0.2, 0.25) is 27.9 Å². The van der Waals surface area contributed by atoms with Crippen molar-refractivity contribution in [3.8, 4) is 0 Å². The van der Waals surface area contributed by atoms with E-state index in [0.717, 1.165) is 6.26 Å². The minimum atomic E-state index is -4.36. The molecule has 3 rings (SSSR count). The molecular formula is C17H25N7O8S3. The highest BCUT2D eigenvalue weighted by Crippen LogP contribution is 2.21. The molecule has 0 saturated carbocycles. The zero-order chi connectivity index (χ0) is 25.9. The van der Waals surface area contributed by atoms with Crippen LogP contribution in [0, 0.1) is 0 Å². The standard InChI is InChI=1S/C17H25N7O8S3/c1-33(25,26)24-9-6-13(7-10-24)20-17-22-15(18-8-11-34(27,28)29)21-16(23-17)19-12-2-4-14(5-3-12)35(30,31)32/h2-5,13H,6-11H2,1H3,(H,27,28,29)(H,30,31,32)(H3,18,19,20,21,22,23). The average Bonchev–Trinajstić information content (AvgIpc) is 2.72. The summed E-state index contributed by atoms with van der Waals surface area (Å²) in [4.78, 5) is 12.3. The lowest BCUT2D eigenvalue weighted by molar-refractivity contribution is 0.331. The van der Waals surface area contributed by atoms with Crippen molar-refractivity contribution in [3.63, 3.8) is 0 Å². The largest absolute Gasteiger partial charge is 0.353 e. The number of hydrogen-bond donors (Lipinski definition) is 5. The van der Waals surface area contributed by atoms with Crippen LogP contribution in [0.1, 0.15) is 12.8 Å². The second-order valence-corrected chi connectivity index (χ2v) is 12.7. The highest BCUT2D eigenvalue weighted by Gasteiger charge is 2.25. The topological polar surface area (TPSA) is 221 Å². The molecule has 0 spiro atoms. The minimum absolute atomic E-state index is 0.00298. The molecule has 18 heteroatoms. The summed E-state index contributed by atoms with van der Waals surface area (Å²) >= 11 is 0. The van der Waals surface area contributed by atoms with Gasteiger partial charge in [-0.1, -0.05) is 0 Å². The van der Waals surface area contributed by atoms with Crippen LogP contribution in [0.4, 0.5) is 23.5 Å². The molecule has 15 nitrogen and oxygen atoms in total. The van der Waals surface area contributed by atoms with Gasteiger partial charge in [-0.15, -0.1) is 0 Å². The number of nitrogens with one attached hydrogen (secondary N) is 3. The third-order valence-corrected chi connectivity index (χ3v) is 7.83. The van der Waals surface area contributed by atoms with Gasteiger partial charge in [0, 0.05) is 31.4 Å². The maximum atomic E-state index is 11.7. The van der Waals surface area contributed by atoms with E-state index >= 15 is 0 Å². The molecule has 194 valence electrons. The van der Waals surface area contributed by atoms with Gasteiger partial charge in [0.25, 0.3) is 20.2 Å². The van der Waals surface area contributed by atoms with E-state index in [0.29, 0.717) is 31.6 Å².